The summed E-state index contributed by atoms with van der Waals surface area (Å²) in [6.07, 6.45) is -4.77. The minimum Gasteiger partial charge on any atom is -0.490 e. The van der Waals surface area contributed by atoms with Crippen LogP contribution < -0.4 is 9.57 Å². The summed E-state index contributed by atoms with van der Waals surface area (Å²) in [7, 11) is 0. The second kappa shape index (κ2) is 9.89. The normalized spacial score (nSPS) is 22.5. The van der Waals surface area contributed by atoms with Crippen molar-refractivity contribution in [2.75, 3.05) is 0 Å². The highest BCUT2D eigenvalue weighted by Crippen LogP contribution is 2.41. The van der Waals surface area contributed by atoms with Crippen LogP contribution in [0, 0.1) is 0 Å². The Morgan fingerprint density at radius 3 is 2.03 bits per heavy atom. The molecule has 5 rings (SSSR count). The van der Waals surface area contributed by atoms with E-state index in [0.29, 0.717) is 29.7 Å². The van der Waals surface area contributed by atoms with Crippen LogP contribution in [0.5, 0.6) is 11.6 Å². The zero-order chi connectivity index (χ0) is 26.2. The second-order valence-corrected chi connectivity index (χ2v) is 9.36. The zero-order valence-corrected chi connectivity index (χ0v) is 19.6. The molecule has 2 aliphatic rings. The van der Waals surface area contributed by atoms with Gasteiger partial charge in [0.2, 0.25) is 5.88 Å². The summed E-state index contributed by atoms with van der Waals surface area (Å²) >= 11 is 0. The van der Waals surface area contributed by atoms with Gasteiger partial charge < -0.3 is 9.57 Å². The van der Waals surface area contributed by atoms with Crippen LogP contribution in [0.15, 0.2) is 66.9 Å². The molecule has 3 aromatic rings. The molecule has 0 radical (unpaired) electrons. The molecule has 3 atom stereocenters. The van der Waals surface area contributed by atoms with E-state index in [2.05, 4.69) is 4.98 Å². The quantitative estimate of drug-likeness (QED) is 0.324. The molecule has 10 heteroatoms. The molecule has 4 nitrogen and oxygen atoms in total. The minimum atomic E-state index is -4.48. The molecule has 3 heterocycles. The molecule has 2 saturated heterocycles. The molecule has 196 valence electrons. The molecular formula is C27H24F6N2O2. The number of piperidine rings is 2. The highest BCUT2D eigenvalue weighted by atomic mass is 19.4. The van der Waals surface area contributed by atoms with Crippen LogP contribution in [-0.4, -0.2) is 28.2 Å². The molecular weight excluding hydrogens is 498 g/mol. The summed E-state index contributed by atoms with van der Waals surface area (Å²) in [6, 6.07) is 14.3. The standard InChI is InChI=1S/C27H24F6N2O2/c28-26(29,30)18-9-11-24(23(13-18)17-5-2-1-3-6-17)36-22-14-20-7-4-8-21(15-22)35(20)37-25-12-10-19(16-34-25)27(31,32)33/h1-3,5-6,9-13,16,20-22H,4,7-8,14-15H2/t20-,21+,22+. The van der Waals surface area contributed by atoms with E-state index in [0.717, 1.165) is 43.7 Å². The summed E-state index contributed by atoms with van der Waals surface area (Å²) in [5.41, 5.74) is -0.605. The maximum absolute atomic E-state index is 13.4. The molecule has 37 heavy (non-hydrogen) atoms. The smallest absolute Gasteiger partial charge is 0.417 e. The number of alkyl halides is 6. The van der Waals surface area contributed by atoms with Gasteiger partial charge in [0.25, 0.3) is 0 Å². The lowest BCUT2D eigenvalue weighted by atomic mass is 9.84. The highest BCUT2D eigenvalue weighted by Gasteiger charge is 2.42. The summed E-state index contributed by atoms with van der Waals surface area (Å²) in [5, 5.41) is 1.80. The van der Waals surface area contributed by atoms with E-state index in [4.69, 9.17) is 9.57 Å². The number of hydrogen-bond donors (Lipinski definition) is 0. The molecule has 0 amide bonds. The van der Waals surface area contributed by atoms with E-state index in [1.54, 1.807) is 35.4 Å². The topological polar surface area (TPSA) is 34.6 Å². The fourth-order valence-electron chi connectivity index (χ4n) is 5.08. The average molecular weight is 522 g/mol. The van der Waals surface area contributed by atoms with Gasteiger partial charge in [-0.25, -0.2) is 4.98 Å². The molecule has 2 bridgehead atoms. The number of nitrogens with zero attached hydrogens (tertiary/aromatic N) is 2. The van der Waals surface area contributed by atoms with Crippen LogP contribution in [-0.2, 0) is 12.4 Å². The van der Waals surface area contributed by atoms with Crippen molar-refractivity contribution in [1.82, 2.24) is 10.0 Å². The molecule has 0 spiro atoms. The number of aromatic nitrogens is 1. The van der Waals surface area contributed by atoms with Gasteiger partial charge >= 0.3 is 12.4 Å². The lowest BCUT2D eigenvalue weighted by molar-refractivity contribution is -0.185. The van der Waals surface area contributed by atoms with E-state index in [9.17, 15) is 26.3 Å². The Morgan fingerprint density at radius 2 is 1.43 bits per heavy atom. The van der Waals surface area contributed by atoms with Crippen LogP contribution in [0.2, 0.25) is 0 Å². The average Bonchev–Trinajstić information content (AvgIpc) is 2.84. The Kier molecular flexibility index (Phi) is 6.78. The number of benzene rings is 2. The monoisotopic (exact) mass is 522 g/mol. The van der Waals surface area contributed by atoms with Crippen LogP contribution in [0.25, 0.3) is 11.1 Å². The summed E-state index contributed by atoms with van der Waals surface area (Å²) in [6.45, 7) is 0. The molecule has 2 fully saturated rings. The molecule has 1 aromatic heterocycles. The number of halogens is 6. The van der Waals surface area contributed by atoms with Gasteiger partial charge in [0.05, 0.1) is 11.1 Å². The molecule has 0 N–H and O–H groups in total. The predicted molar refractivity (Wildman–Crippen MR) is 124 cm³/mol. The van der Waals surface area contributed by atoms with E-state index in [-0.39, 0.29) is 24.1 Å². The Bertz CT molecular complexity index is 1200. The molecule has 2 aliphatic heterocycles. The van der Waals surface area contributed by atoms with Gasteiger partial charge in [0.1, 0.15) is 11.9 Å². The van der Waals surface area contributed by atoms with Crippen molar-refractivity contribution in [3.8, 4) is 22.8 Å². The molecule has 2 aromatic carbocycles. The fraction of sp³-hybridized carbons (Fsp3) is 0.370. The van der Waals surface area contributed by atoms with E-state index < -0.39 is 23.5 Å². The maximum Gasteiger partial charge on any atom is 0.417 e. The van der Waals surface area contributed by atoms with Crippen molar-refractivity contribution in [3.05, 3.63) is 78.0 Å². The third-order valence-electron chi connectivity index (χ3n) is 6.81. The van der Waals surface area contributed by atoms with E-state index in [1.165, 1.54) is 12.1 Å². The first-order valence-electron chi connectivity index (χ1n) is 12.0. The summed E-state index contributed by atoms with van der Waals surface area (Å²) in [4.78, 5) is 9.73. The van der Waals surface area contributed by atoms with Gasteiger partial charge in [0.15, 0.2) is 0 Å². The third-order valence-corrected chi connectivity index (χ3v) is 6.81. The lowest BCUT2D eigenvalue weighted by Crippen LogP contribution is -2.55. The van der Waals surface area contributed by atoms with Crippen molar-refractivity contribution in [1.29, 1.82) is 0 Å². The number of fused-ring (bicyclic) bond motifs is 2. The third kappa shape index (κ3) is 5.69. The number of rotatable bonds is 5. The van der Waals surface area contributed by atoms with Crippen LogP contribution in [0.1, 0.15) is 43.2 Å². The molecule has 0 saturated carbocycles. The Morgan fingerprint density at radius 1 is 0.784 bits per heavy atom. The number of hydroxylamine groups is 2. The van der Waals surface area contributed by atoms with Crippen LogP contribution >= 0.6 is 0 Å². The van der Waals surface area contributed by atoms with Gasteiger partial charge in [-0.2, -0.15) is 26.3 Å². The zero-order valence-electron chi connectivity index (χ0n) is 19.6. The van der Waals surface area contributed by atoms with E-state index >= 15 is 0 Å². The van der Waals surface area contributed by atoms with Crippen LogP contribution in [0.4, 0.5) is 26.3 Å². The van der Waals surface area contributed by atoms with Crippen molar-refractivity contribution >= 4 is 0 Å². The van der Waals surface area contributed by atoms with E-state index in [1.807, 2.05) is 0 Å². The van der Waals surface area contributed by atoms with Crippen LogP contribution in [0.3, 0.4) is 0 Å². The van der Waals surface area contributed by atoms with Gasteiger partial charge in [-0.3, -0.25) is 0 Å². The van der Waals surface area contributed by atoms with Gasteiger partial charge in [0, 0.05) is 42.8 Å². The second-order valence-electron chi connectivity index (χ2n) is 9.36. The number of ether oxygens (including phenoxy) is 1. The van der Waals surface area contributed by atoms with Gasteiger partial charge in [-0.1, -0.05) is 36.8 Å². The maximum atomic E-state index is 13.4. The van der Waals surface area contributed by atoms with Crippen molar-refractivity contribution in [2.45, 2.75) is 62.6 Å². The SMILES string of the molecule is FC(F)(F)c1ccc(ON2[C@@H]3CCC[C@H]2C[C@@H](Oc2ccc(C(F)(F)F)cc2-c2ccccc2)C3)nc1. The predicted octanol–water partition coefficient (Wildman–Crippen LogP) is 7.54. The largest absolute Gasteiger partial charge is 0.490 e. The Labute approximate surface area is 209 Å². The first-order chi connectivity index (χ1) is 17.6. The lowest BCUT2D eigenvalue weighted by Gasteiger charge is -2.46. The Balaban J connectivity index is 1.33. The Hall–Kier alpha value is -3.27. The first-order valence-corrected chi connectivity index (χ1v) is 12.0. The highest BCUT2D eigenvalue weighted by molar-refractivity contribution is 5.71. The summed E-state index contributed by atoms with van der Waals surface area (Å²) in [5.74, 6) is 0.458. The molecule has 0 aliphatic carbocycles. The van der Waals surface area contributed by atoms with Crippen molar-refractivity contribution in [2.24, 2.45) is 0 Å². The van der Waals surface area contributed by atoms with Crippen molar-refractivity contribution < 1.29 is 35.9 Å². The number of hydrogen-bond acceptors (Lipinski definition) is 4. The summed E-state index contributed by atoms with van der Waals surface area (Å²) < 4.78 is 85.1. The fourth-order valence-corrected chi connectivity index (χ4v) is 5.08. The van der Waals surface area contributed by atoms with Gasteiger partial charge in [-0.05, 0) is 42.7 Å². The number of pyridine rings is 1. The first kappa shape index (κ1) is 25.4. The molecule has 0 unspecified atom stereocenters. The minimum absolute atomic E-state index is 0.0591. The van der Waals surface area contributed by atoms with Gasteiger partial charge in [-0.15, -0.1) is 5.06 Å². The van der Waals surface area contributed by atoms with Crippen molar-refractivity contribution in [3.63, 3.8) is 0 Å².